The average molecular weight is 160 g/mol. The first-order valence-electron chi connectivity index (χ1n) is 0.651. The molecular weight excluding hydrogens is 155 g/mol. The molecule has 0 rings (SSSR count). The molecule has 0 amide bonds. The topological polar surface area (TPSA) is 57.5 Å². The van der Waals surface area contributed by atoms with Gasteiger partial charge < -0.3 is 9.59 Å². The average Bonchev–Trinajstić information content (AvgIpc) is 0.811. The molecule has 0 aliphatic rings. The Kier molecular flexibility index (Phi) is 24.4. The Labute approximate surface area is 55.2 Å². The first-order chi connectivity index (χ1) is 1.73. The van der Waals surface area contributed by atoms with Crippen LogP contribution in [0.5, 0.6) is 0 Å². The van der Waals surface area contributed by atoms with Gasteiger partial charge in [-0.05, 0) is 0 Å². The third kappa shape index (κ3) is 116. The molecule has 1 unspecified atom stereocenters. The van der Waals surface area contributed by atoms with Crippen molar-refractivity contribution in [2.75, 3.05) is 0 Å². The molecule has 0 aliphatic carbocycles. The van der Waals surface area contributed by atoms with E-state index in [1.54, 1.807) is 0 Å². The Bertz CT molecular complexity index is 33.8. The molecule has 0 fully saturated rings. The fourth-order valence-corrected chi connectivity index (χ4v) is 0. The minimum absolute atomic E-state index is 0. The summed E-state index contributed by atoms with van der Waals surface area (Å²) >= 11 is 0. The minimum Gasteiger partial charge on any atom is -0.511 e. The molecule has 0 heterocycles. The zero-order valence-corrected chi connectivity index (χ0v) is 6.99. The van der Waals surface area contributed by atoms with Crippen LogP contribution in [0.15, 0.2) is 0 Å². The summed E-state index contributed by atoms with van der Waals surface area (Å²) < 4.78 is 8.74. The van der Waals surface area contributed by atoms with Crippen molar-refractivity contribution in [2.45, 2.75) is 0 Å². The molecule has 6 heavy (non-hydrogen) atoms. The van der Waals surface area contributed by atoms with E-state index in [1.807, 2.05) is 0 Å². The van der Waals surface area contributed by atoms with Crippen molar-refractivity contribution in [1.29, 1.82) is 0 Å². The van der Waals surface area contributed by atoms with E-state index in [0.717, 1.165) is 0 Å². The molecule has 0 saturated heterocycles. The minimum atomic E-state index is -3.13. The van der Waals surface area contributed by atoms with Crippen LogP contribution in [0.2, 0.25) is 0 Å². The van der Waals surface area contributed by atoms with Gasteiger partial charge in [0.05, 0.1) is 0 Å². The zero-order chi connectivity index (χ0) is 3.58. The van der Waals surface area contributed by atoms with Gasteiger partial charge in [-0.2, -0.15) is 9.90 Å². The van der Waals surface area contributed by atoms with Gasteiger partial charge in [0.15, 0.2) is 0 Å². The fraction of sp³-hybridized carbons (Fsp3) is 0. The van der Waals surface area contributed by atoms with Crippen molar-refractivity contribution in [3.05, 3.63) is 0 Å². The van der Waals surface area contributed by atoms with Crippen molar-refractivity contribution in [3.63, 3.8) is 0 Å². The van der Waals surface area contributed by atoms with E-state index in [4.69, 9.17) is 14.1 Å². The summed E-state index contributed by atoms with van der Waals surface area (Å²) in [5.74, 6) is 0. The molecule has 0 saturated carbocycles. The molecule has 6 heteroatoms. The van der Waals surface area contributed by atoms with Gasteiger partial charge in [-0.25, -0.2) is 0 Å². The van der Waals surface area contributed by atoms with Crippen LogP contribution in [0, 0.1) is 0 Å². The Morgan fingerprint density at radius 3 is 1.33 bits per heavy atom. The number of hydrogen-bond acceptors (Lipinski definition) is 1. The molecule has 36 valence electrons. The van der Waals surface area contributed by atoms with Gasteiger partial charge >= 0.3 is 9.17 Å². The maximum Gasteiger partial charge on any atom is 0.761 e. The number of hydrogen-bond donors (Lipinski definition) is 2. The zero-order valence-electron chi connectivity index (χ0n) is 3.01. The third-order valence-electron chi connectivity index (χ3n) is 0. The van der Waals surface area contributed by atoms with Gasteiger partial charge in [-0.15, -0.1) is 0 Å². The molecule has 1 atom stereocenters. The summed E-state index contributed by atoms with van der Waals surface area (Å²) in [5, 5.41) is 0. The Balaban J connectivity index is -0.0000000450. The van der Waals surface area contributed by atoms with Crippen molar-refractivity contribution in [2.24, 2.45) is 0 Å². The van der Waals surface area contributed by atoms with Crippen LogP contribution in [0.3, 0.4) is 0 Å². The summed E-state index contributed by atoms with van der Waals surface area (Å²) in [6, 6.07) is 0. The molecule has 2 N–H and O–H groups in total. The SMILES string of the molecule is O=[Si](O)O.P.[Ti]. The first kappa shape index (κ1) is 15.9. The Hall–Kier alpha value is 0.761. The standard InChI is InChI=1S/H2O3Si.H3P.Ti/c1-4(2)3;;/h1-2H;1H3;. The maximum absolute atomic E-state index is 8.74. The summed E-state index contributed by atoms with van der Waals surface area (Å²) in [5.41, 5.74) is 0. The summed E-state index contributed by atoms with van der Waals surface area (Å²) in [7, 11) is -3.13. The van der Waals surface area contributed by atoms with E-state index in [1.165, 1.54) is 0 Å². The van der Waals surface area contributed by atoms with Gasteiger partial charge in [0.2, 0.25) is 0 Å². The van der Waals surface area contributed by atoms with Gasteiger partial charge in [0.1, 0.15) is 0 Å². The van der Waals surface area contributed by atoms with Crippen LogP contribution < -0.4 is 0 Å². The second-order valence-electron chi connectivity index (χ2n) is 0.283. The molecular formula is H5O3PSiTi. The molecule has 0 aliphatic heterocycles. The summed E-state index contributed by atoms with van der Waals surface area (Å²) in [6.07, 6.45) is 0. The van der Waals surface area contributed by atoms with Gasteiger partial charge in [-0.3, -0.25) is 4.46 Å². The van der Waals surface area contributed by atoms with E-state index in [0.29, 0.717) is 0 Å². The van der Waals surface area contributed by atoms with Crippen molar-refractivity contribution >= 4 is 19.1 Å². The molecule has 3 nitrogen and oxygen atoms in total. The smallest absolute Gasteiger partial charge is 0.511 e. The van der Waals surface area contributed by atoms with Gasteiger partial charge in [0, 0.05) is 21.7 Å². The van der Waals surface area contributed by atoms with E-state index in [-0.39, 0.29) is 31.6 Å². The normalized spacial score (nSPS) is 4.00. The van der Waals surface area contributed by atoms with Gasteiger partial charge in [-0.1, -0.05) is 0 Å². The van der Waals surface area contributed by atoms with E-state index >= 15 is 0 Å². The quantitative estimate of drug-likeness (QED) is 0.333. The third-order valence-corrected chi connectivity index (χ3v) is 0. The second kappa shape index (κ2) is 9.23. The van der Waals surface area contributed by atoms with Crippen LogP contribution >= 0.6 is 9.90 Å². The summed E-state index contributed by atoms with van der Waals surface area (Å²) in [4.78, 5) is 14.3. The maximum atomic E-state index is 8.74. The van der Waals surface area contributed by atoms with E-state index in [9.17, 15) is 0 Å². The monoisotopic (exact) mass is 160 g/mol. The molecule has 0 radical (unpaired) electrons. The molecule has 0 aromatic carbocycles. The summed E-state index contributed by atoms with van der Waals surface area (Å²) in [6.45, 7) is 0. The van der Waals surface area contributed by atoms with Crippen LogP contribution in [-0.4, -0.2) is 18.8 Å². The van der Waals surface area contributed by atoms with Crippen LogP contribution in [0.25, 0.3) is 0 Å². The molecule has 0 spiro atoms. The Morgan fingerprint density at radius 2 is 1.33 bits per heavy atom. The molecule has 0 bridgehead atoms. The van der Waals surface area contributed by atoms with E-state index in [2.05, 4.69) is 0 Å². The Morgan fingerprint density at radius 1 is 1.33 bits per heavy atom. The first-order valence-corrected chi connectivity index (χ1v) is 1.95. The van der Waals surface area contributed by atoms with Crippen LogP contribution in [0.1, 0.15) is 0 Å². The van der Waals surface area contributed by atoms with Crippen molar-refractivity contribution in [3.8, 4) is 0 Å². The van der Waals surface area contributed by atoms with Gasteiger partial charge in [0.25, 0.3) is 0 Å². The van der Waals surface area contributed by atoms with E-state index < -0.39 is 9.17 Å². The predicted octanol–water partition coefficient (Wildman–Crippen LogP) is -1.56. The van der Waals surface area contributed by atoms with Crippen LogP contribution in [-0.2, 0) is 26.2 Å². The molecule has 0 aromatic rings. The van der Waals surface area contributed by atoms with Crippen molar-refractivity contribution in [1.82, 2.24) is 0 Å². The fourth-order valence-electron chi connectivity index (χ4n) is 0. The largest absolute Gasteiger partial charge is 0.761 e. The number of rotatable bonds is 0. The molecule has 0 aromatic heterocycles. The van der Waals surface area contributed by atoms with Crippen LogP contribution in [0.4, 0.5) is 0 Å². The second-order valence-corrected chi connectivity index (χ2v) is 0.848. The predicted molar refractivity (Wildman–Crippen MR) is 22.0 cm³/mol. The van der Waals surface area contributed by atoms with Crippen molar-refractivity contribution < 1.29 is 35.8 Å².